The summed E-state index contributed by atoms with van der Waals surface area (Å²) in [5.41, 5.74) is 0. The van der Waals surface area contributed by atoms with Crippen LogP contribution in [0.4, 0.5) is 0 Å². The molecule has 1 aliphatic carbocycles. The molecule has 0 saturated carbocycles. The minimum atomic E-state index is -3.68. The van der Waals surface area contributed by atoms with Gasteiger partial charge in [-0.15, -0.1) is 0 Å². The summed E-state index contributed by atoms with van der Waals surface area (Å²) in [5, 5.41) is -0.0149. The van der Waals surface area contributed by atoms with Crippen LogP contribution in [0.25, 0.3) is 0 Å². The van der Waals surface area contributed by atoms with Gasteiger partial charge < -0.3 is 13.8 Å². The van der Waals surface area contributed by atoms with Crippen LogP contribution in [0, 0.1) is 11.8 Å². The lowest BCUT2D eigenvalue weighted by Gasteiger charge is -2.30. The second kappa shape index (κ2) is 8.61. The lowest BCUT2D eigenvalue weighted by molar-refractivity contribution is -0.153. The SMILES string of the molecule is CCOC(=O)[C@@H]1C(=O)C(P(=O)(OCC)OCC)=CC[C@H]1CC. The van der Waals surface area contributed by atoms with Gasteiger partial charge in [0, 0.05) is 0 Å². The summed E-state index contributed by atoms with van der Waals surface area (Å²) in [6.45, 7) is 7.47. The van der Waals surface area contributed by atoms with E-state index in [9.17, 15) is 14.2 Å². The van der Waals surface area contributed by atoms with Crippen LogP contribution in [0.3, 0.4) is 0 Å². The summed E-state index contributed by atoms with van der Waals surface area (Å²) in [5.74, 6) is -2.14. The van der Waals surface area contributed by atoms with Crippen molar-refractivity contribution in [1.82, 2.24) is 0 Å². The first kappa shape index (κ1) is 19.1. The molecule has 0 bridgehead atoms. The Morgan fingerprint density at radius 3 is 2.23 bits per heavy atom. The fourth-order valence-corrected chi connectivity index (χ4v) is 4.34. The van der Waals surface area contributed by atoms with Crippen molar-refractivity contribution >= 4 is 19.3 Å². The van der Waals surface area contributed by atoms with Crippen LogP contribution in [0.2, 0.25) is 0 Å². The maximum Gasteiger partial charge on any atom is 0.364 e. The second-order valence-corrected chi connectivity index (χ2v) is 6.91. The van der Waals surface area contributed by atoms with Crippen LogP contribution in [0.5, 0.6) is 0 Å². The van der Waals surface area contributed by atoms with Gasteiger partial charge >= 0.3 is 13.6 Å². The number of esters is 1. The first-order chi connectivity index (χ1) is 10.4. The molecule has 0 saturated heterocycles. The van der Waals surface area contributed by atoms with Crippen LogP contribution >= 0.6 is 7.60 Å². The molecule has 6 nitrogen and oxygen atoms in total. The normalized spacial score (nSPS) is 22.4. The Morgan fingerprint density at radius 2 is 1.77 bits per heavy atom. The van der Waals surface area contributed by atoms with Crippen molar-refractivity contribution in [2.45, 2.75) is 40.5 Å². The zero-order chi connectivity index (χ0) is 16.8. The molecule has 1 aliphatic rings. The molecule has 0 aliphatic heterocycles. The van der Waals surface area contributed by atoms with E-state index in [-0.39, 0.29) is 31.1 Å². The van der Waals surface area contributed by atoms with E-state index in [0.29, 0.717) is 12.8 Å². The number of ketones is 1. The van der Waals surface area contributed by atoms with Crippen molar-refractivity contribution in [3.8, 4) is 0 Å². The van der Waals surface area contributed by atoms with Crippen LogP contribution in [0.15, 0.2) is 11.4 Å². The summed E-state index contributed by atoms with van der Waals surface area (Å²) in [6.07, 6.45) is 2.73. The highest BCUT2D eigenvalue weighted by Gasteiger charge is 2.46. The van der Waals surface area contributed by atoms with Crippen molar-refractivity contribution in [3.05, 3.63) is 11.4 Å². The van der Waals surface area contributed by atoms with Gasteiger partial charge in [-0.2, -0.15) is 0 Å². The van der Waals surface area contributed by atoms with E-state index < -0.39 is 25.3 Å². The van der Waals surface area contributed by atoms with Gasteiger partial charge in [0.25, 0.3) is 0 Å². The van der Waals surface area contributed by atoms with E-state index in [0.717, 1.165) is 0 Å². The number of hydrogen-bond donors (Lipinski definition) is 0. The topological polar surface area (TPSA) is 78.9 Å². The van der Waals surface area contributed by atoms with Gasteiger partial charge in [-0.25, -0.2) is 0 Å². The zero-order valence-corrected chi connectivity index (χ0v) is 14.6. The highest BCUT2D eigenvalue weighted by molar-refractivity contribution is 7.60. The number of carbonyl (C=O) groups excluding carboxylic acids is 2. The van der Waals surface area contributed by atoms with Gasteiger partial charge in [0.15, 0.2) is 5.78 Å². The Labute approximate surface area is 131 Å². The third kappa shape index (κ3) is 4.06. The standard InChI is InChI=1S/C15H25O6P/c1-5-11-9-10-12(22(18,20-7-3)21-8-4)14(16)13(11)15(17)19-6-2/h10-11,13H,5-9H2,1-4H3/t11-,13+/m1/s1. The maximum absolute atomic E-state index is 12.8. The molecule has 0 spiro atoms. The van der Waals surface area contributed by atoms with Crippen molar-refractivity contribution < 1.29 is 27.9 Å². The first-order valence-electron chi connectivity index (χ1n) is 7.75. The molecule has 1 rings (SSSR count). The van der Waals surface area contributed by atoms with Gasteiger partial charge in [0.05, 0.1) is 19.8 Å². The minimum Gasteiger partial charge on any atom is -0.465 e. The highest BCUT2D eigenvalue weighted by atomic mass is 31.2. The number of carbonyl (C=O) groups is 2. The van der Waals surface area contributed by atoms with Gasteiger partial charge in [-0.05, 0) is 33.1 Å². The largest absolute Gasteiger partial charge is 0.465 e. The molecule has 0 heterocycles. The van der Waals surface area contributed by atoms with Gasteiger partial charge in [-0.1, -0.05) is 19.4 Å². The average molecular weight is 332 g/mol. The van der Waals surface area contributed by atoms with Crippen molar-refractivity contribution in [2.75, 3.05) is 19.8 Å². The number of Topliss-reactive ketones (excluding diaryl/α,β-unsaturated/α-hetero) is 1. The molecule has 0 amide bonds. The van der Waals surface area contributed by atoms with Crippen molar-refractivity contribution in [1.29, 1.82) is 0 Å². The number of rotatable bonds is 8. The summed E-state index contributed by atoms with van der Waals surface area (Å²) in [4.78, 5) is 24.8. The van der Waals surface area contributed by atoms with E-state index >= 15 is 0 Å². The average Bonchev–Trinajstić information content (AvgIpc) is 2.47. The molecule has 0 unspecified atom stereocenters. The highest BCUT2D eigenvalue weighted by Crippen LogP contribution is 2.58. The molecule has 2 atom stereocenters. The van der Waals surface area contributed by atoms with Gasteiger partial charge in [-0.3, -0.25) is 14.2 Å². The summed E-state index contributed by atoms with van der Waals surface area (Å²) >= 11 is 0. The number of ether oxygens (including phenoxy) is 1. The maximum atomic E-state index is 12.8. The third-order valence-electron chi connectivity index (χ3n) is 3.58. The lowest BCUT2D eigenvalue weighted by Crippen LogP contribution is -2.36. The molecule has 7 heteroatoms. The Kier molecular flexibility index (Phi) is 7.46. The van der Waals surface area contributed by atoms with Crippen molar-refractivity contribution in [3.63, 3.8) is 0 Å². The predicted molar refractivity (Wildman–Crippen MR) is 82.5 cm³/mol. The Hall–Kier alpha value is -0.970. The molecule has 0 aromatic heterocycles. The fourth-order valence-electron chi connectivity index (χ4n) is 2.57. The Balaban J connectivity index is 3.16. The van der Waals surface area contributed by atoms with Crippen LogP contribution < -0.4 is 0 Å². The molecule has 0 aromatic carbocycles. The van der Waals surface area contributed by atoms with E-state index in [1.807, 2.05) is 6.92 Å². The molecular formula is C15H25O6P. The van der Waals surface area contributed by atoms with Gasteiger partial charge in [0.1, 0.15) is 11.2 Å². The Morgan fingerprint density at radius 1 is 1.18 bits per heavy atom. The monoisotopic (exact) mass is 332 g/mol. The van der Waals surface area contributed by atoms with E-state index in [4.69, 9.17) is 13.8 Å². The number of allylic oxidation sites excluding steroid dienone is 2. The summed E-state index contributed by atoms with van der Waals surface area (Å²) in [6, 6.07) is 0. The molecule has 0 N–H and O–H groups in total. The summed E-state index contributed by atoms with van der Waals surface area (Å²) < 4.78 is 28.3. The van der Waals surface area contributed by atoms with Gasteiger partial charge in [0.2, 0.25) is 0 Å². The van der Waals surface area contributed by atoms with E-state index in [2.05, 4.69) is 0 Å². The zero-order valence-electron chi connectivity index (χ0n) is 13.7. The molecule has 0 radical (unpaired) electrons. The Bertz CT molecular complexity index is 474. The molecule has 22 heavy (non-hydrogen) atoms. The number of hydrogen-bond acceptors (Lipinski definition) is 6. The quantitative estimate of drug-likeness (QED) is 0.385. The van der Waals surface area contributed by atoms with Crippen LogP contribution in [-0.2, 0) is 27.9 Å². The van der Waals surface area contributed by atoms with E-state index in [1.165, 1.54) is 0 Å². The van der Waals surface area contributed by atoms with E-state index in [1.54, 1.807) is 26.8 Å². The molecule has 0 aromatic rings. The minimum absolute atomic E-state index is 0.0149. The second-order valence-electron chi connectivity index (χ2n) is 4.92. The lowest BCUT2D eigenvalue weighted by atomic mass is 9.80. The van der Waals surface area contributed by atoms with Crippen LogP contribution in [-0.4, -0.2) is 31.6 Å². The first-order valence-corrected chi connectivity index (χ1v) is 9.29. The smallest absolute Gasteiger partial charge is 0.364 e. The molecule has 0 fully saturated rings. The summed E-state index contributed by atoms with van der Waals surface area (Å²) in [7, 11) is -3.68. The van der Waals surface area contributed by atoms with Crippen LogP contribution in [0.1, 0.15) is 40.5 Å². The fraction of sp³-hybridized carbons (Fsp3) is 0.733. The predicted octanol–water partition coefficient (Wildman–Crippen LogP) is 3.31. The molecular weight excluding hydrogens is 307 g/mol. The third-order valence-corrected chi connectivity index (χ3v) is 5.77. The molecule has 126 valence electrons. The van der Waals surface area contributed by atoms with Crippen molar-refractivity contribution in [2.24, 2.45) is 11.8 Å².